The Morgan fingerprint density at radius 1 is 0.958 bits per heavy atom. The summed E-state index contributed by atoms with van der Waals surface area (Å²) in [6, 6.07) is 17.4. The zero-order chi connectivity index (χ0) is 16.5. The Morgan fingerprint density at radius 2 is 1.62 bits per heavy atom. The van der Waals surface area contributed by atoms with Crippen molar-refractivity contribution < 1.29 is 0 Å². The molecule has 0 radical (unpaired) electrons. The van der Waals surface area contributed by atoms with E-state index < -0.39 is 0 Å². The average Bonchev–Trinajstić information content (AvgIpc) is 2.63. The van der Waals surface area contributed by atoms with Crippen LogP contribution in [0.4, 0.5) is 5.95 Å². The van der Waals surface area contributed by atoms with Crippen LogP contribution >= 0.6 is 0 Å². The van der Waals surface area contributed by atoms with Crippen molar-refractivity contribution in [2.24, 2.45) is 5.92 Å². The number of benzene rings is 2. The maximum Gasteiger partial charge on any atom is 0.267 e. The molecule has 4 nitrogen and oxygen atoms in total. The molecule has 0 spiro atoms. The largest absolute Gasteiger partial charge is 0.342 e. The summed E-state index contributed by atoms with van der Waals surface area (Å²) in [4.78, 5) is 20.3. The molecular weight excluding hydrogens is 298 g/mol. The smallest absolute Gasteiger partial charge is 0.267 e. The monoisotopic (exact) mass is 319 g/mol. The highest BCUT2D eigenvalue weighted by atomic mass is 16.1. The second-order valence-electron chi connectivity index (χ2n) is 6.57. The lowest BCUT2D eigenvalue weighted by molar-refractivity contribution is 0.433. The Morgan fingerprint density at radius 3 is 2.38 bits per heavy atom. The molecule has 1 saturated heterocycles. The quantitative estimate of drug-likeness (QED) is 0.724. The molecule has 0 N–H and O–H groups in total. The molecule has 1 aliphatic heterocycles. The maximum absolute atomic E-state index is 13.2. The fourth-order valence-corrected chi connectivity index (χ4v) is 3.35. The van der Waals surface area contributed by atoms with Crippen LogP contribution in [0.15, 0.2) is 59.4 Å². The van der Waals surface area contributed by atoms with Gasteiger partial charge in [-0.25, -0.2) is 9.55 Å². The maximum atomic E-state index is 13.2. The topological polar surface area (TPSA) is 38.1 Å². The molecule has 0 saturated carbocycles. The number of hydrogen-bond donors (Lipinski definition) is 0. The Hall–Kier alpha value is -2.62. The van der Waals surface area contributed by atoms with Gasteiger partial charge in [0, 0.05) is 13.1 Å². The van der Waals surface area contributed by atoms with E-state index in [0.717, 1.165) is 49.0 Å². The molecule has 4 heteroatoms. The van der Waals surface area contributed by atoms with Gasteiger partial charge in [-0.2, -0.15) is 0 Å². The van der Waals surface area contributed by atoms with E-state index in [4.69, 9.17) is 4.98 Å². The van der Waals surface area contributed by atoms with E-state index in [2.05, 4.69) is 11.8 Å². The number of rotatable bonds is 2. The predicted molar refractivity (Wildman–Crippen MR) is 98.0 cm³/mol. The number of hydrogen-bond acceptors (Lipinski definition) is 3. The number of anilines is 1. The Balaban J connectivity index is 1.95. The molecule has 24 heavy (non-hydrogen) atoms. The van der Waals surface area contributed by atoms with E-state index in [1.165, 1.54) is 0 Å². The van der Waals surface area contributed by atoms with Crippen molar-refractivity contribution in [3.05, 3.63) is 65.0 Å². The first-order valence-electron chi connectivity index (χ1n) is 8.56. The van der Waals surface area contributed by atoms with Gasteiger partial charge in [-0.15, -0.1) is 0 Å². The van der Waals surface area contributed by atoms with Crippen molar-refractivity contribution >= 4 is 16.9 Å². The molecule has 0 atom stereocenters. The number of fused-ring (bicyclic) bond motifs is 1. The lowest BCUT2D eigenvalue weighted by Crippen LogP contribution is -2.37. The SMILES string of the molecule is CC1CCN(c2nc3ccccc3c(=O)n2-c2ccccc2)CC1. The molecule has 1 aromatic heterocycles. The highest BCUT2D eigenvalue weighted by Gasteiger charge is 2.22. The highest BCUT2D eigenvalue weighted by Crippen LogP contribution is 2.24. The van der Waals surface area contributed by atoms with E-state index >= 15 is 0 Å². The number of para-hydroxylation sites is 2. The van der Waals surface area contributed by atoms with E-state index in [1.807, 2.05) is 54.6 Å². The number of nitrogens with zero attached hydrogens (tertiary/aromatic N) is 3. The van der Waals surface area contributed by atoms with Gasteiger partial charge >= 0.3 is 0 Å². The predicted octanol–water partition coefficient (Wildman–Crippen LogP) is 3.62. The summed E-state index contributed by atoms with van der Waals surface area (Å²) in [5.41, 5.74) is 1.64. The summed E-state index contributed by atoms with van der Waals surface area (Å²) in [5, 5.41) is 0.662. The van der Waals surface area contributed by atoms with Crippen molar-refractivity contribution in [3.8, 4) is 5.69 Å². The van der Waals surface area contributed by atoms with Crippen LogP contribution in [0, 0.1) is 5.92 Å². The summed E-state index contributed by atoms with van der Waals surface area (Å²) < 4.78 is 1.76. The summed E-state index contributed by atoms with van der Waals surface area (Å²) in [5.74, 6) is 1.50. The molecule has 2 heterocycles. The first-order valence-corrected chi connectivity index (χ1v) is 8.56. The highest BCUT2D eigenvalue weighted by molar-refractivity contribution is 5.79. The summed E-state index contributed by atoms with van der Waals surface area (Å²) >= 11 is 0. The van der Waals surface area contributed by atoms with Crippen LogP contribution in [0.3, 0.4) is 0 Å². The van der Waals surface area contributed by atoms with Crippen LogP contribution < -0.4 is 10.5 Å². The van der Waals surface area contributed by atoms with Crippen LogP contribution in [0.25, 0.3) is 16.6 Å². The Bertz CT molecular complexity index is 909. The van der Waals surface area contributed by atoms with Gasteiger partial charge < -0.3 is 4.90 Å². The fraction of sp³-hybridized carbons (Fsp3) is 0.300. The van der Waals surface area contributed by atoms with E-state index in [1.54, 1.807) is 4.57 Å². The van der Waals surface area contributed by atoms with Gasteiger partial charge in [-0.1, -0.05) is 37.3 Å². The van der Waals surface area contributed by atoms with Gasteiger partial charge in [0.25, 0.3) is 5.56 Å². The molecule has 2 aromatic carbocycles. The van der Waals surface area contributed by atoms with Crippen molar-refractivity contribution in [3.63, 3.8) is 0 Å². The van der Waals surface area contributed by atoms with Crippen LogP contribution in [-0.4, -0.2) is 22.6 Å². The van der Waals surface area contributed by atoms with Crippen LogP contribution in [0.1, 0.15) is 19.8 Å². The summed E-state index contributed by atoms with van der Waals surface area (Å²) in [6.07, 6.45) is 2.27. The van der Waals surface area contributed by atoms with Crippen molar-refractivity contribution in [1.29, 1.82) is 0 Å². The van der Waals surface area contributed by atoms with Gasteiger partial charge in [-0.05, 0) is 43.0 Å². The molecule has 3 aromatic rings. The molecule has 1 fully saturated rings. The standard InChI is InChI=1S/C20H21N3O/c1-15-11-13-22(14-12-15)20-21-18-10-6-5-9-17(18)19(24)23(20)16-7-3-2-4-8-16/h2-10,15H,11-14H2,1H3. The van der Waals surface area contributed by atoms with Crippen molar-refractivity contribution in [1.82, 2.24) is 9.55 Å². The molecular formula is C20H21N3O. The number of piperidine rings is 1. The van der Waals surface area contributed by atoms with Gasteiger partial charge in [0.1, 0.15) is 0 Å². The van der Waals surface area contributed by atoms with E-state index in [0.29, 0.717) is 5.39 Å². The molecule has 122 valence electrons. The third-order valence-corrected chi connectivity index (χ3v) is 4.84. The van der Waals surface area contributed by atoms with Gasteiger partial charge in [0.15, 0.2) is 0 Å². The summed E-state index contributed by atoms with van der Waals surface area (Å²) in [6.45, 7) is 4.17. The van der Waals surface area contributed by atoms with Gasteiger partial charge in [0.2, 0.25) is 5.95 Å². The van der Waals surface area contributed by atoms with Crippen molar-refractivity contribution in [2.75, 3.05) is 18.0 Å². The molecule has 0 aliphatic carbocycles. The Labute approximate surface area is 141 Å². The summed E-state index contributed by atoms with van der Waals surface area (Å²) in [7, 11) is 0. The van der Waals surface area contributed by atoms with Crippen LogP contribution in [0.2, 0.25) is 0 Å². The zero-order valence-electron chi connectivity index (χ0n) is 13.9. The molecule has 0 unspecified atom stereocenters. The molecule has 0 bridgehead atoms. The van der Waals surface area contributed by atoms with E-state index in [9.17, 15) is 4.79 Å². The third kappa shape index (κ3) is 2.58. The van der Waals surface area contributed by atoms with Crippen LogP contribution in [0.5, 0.6) is 0 Å². The Kier molecular flexibility index (Phi) is 3.81. The minimum absolute atomic E-state index is 0.000391. The second kappa shape index (κ2) is 6.11. The average molecular weight is 319 g/mol. The molecule has 0 amide bonds. The molecule has 1 aliphatic rings. The zero-order valence-corrected chi connectivity index (χ0v) is 13.9. The minimum atomic E-state index is 0.000391. The van der Waals surface area contributed by atoms with Gasteiger partial charge in [-0.3, -0.25) is 4.79 Å². The first kappa shape index (κ1) is 14.9. The third-order valence-electron chi connectivity index (χ3n) is 4.84. The second-order valence-corrected chi connectivity index (χ2v) is 6.57. The fourth-order valence-electron chi connectivity index (χ4n) is 3.35. The van der Waals surface area contributed by atoms with E-state index in [-0.39, 0.29) is 5.56 Å². The van der Waals surface area contributed by atoms with Crippen LogP contribution in [-0.2, 0) is 0 Å². The lowest BCUT2D eigenvalue weighted by Gasteiger charge is -2.32. The minimum Gasteiger partial charge on any atom is -0.342 e. The molecule has 4 rings (SSSR count). The van der Waals surface area contributed by atoms with Crippen molar-refractivity contribution in [2.45, 2.75) is 19.8 Å². The lowest BCUT2D eigenvalue weighted by atomic mass is 9.99. The number of aromatic nitrogens is 2. The normalized spacial score (nSPS) is 15.8. The van der Waals surface area contributed by atoms with Gasteiger partial charge in [0.05, 0.1) is 16.6 Å². The first-order chi connectivity index (χ1) is 11.7.